The Kier molecular flexibility index (Phi) is 4.97. The lowest BCUT2D eigenvalue weighted by Gasteiger charge is -2.19. The number of nitrogens with zero attached hydrogens (tertiary/aromatic N) is 1. The maximum atomic E-state index is 12.8. The summed E-state index contributed by atoms with van der Waals surface area (Å²) in [5.74, 6) is -1.40. The first kappa shape index (κ1) is 19.0. The van der Waals surface area contributed by atoms with Gasteiger partial charge in [-0.25, -0.2) is 0 Å². The van der Waals surface area contributed by atoms with Gasteiger partial charge in [0.1, 0.15) is 11.4 Å². The molecule has 2 aromatic rings. The molecule has 0 saturated carbocycles. The Morgan fingerprint density at radius 2 is 1.85 bits per heavy atom. The van der Waals surface area contributed by atoms with Crippen molar-refractivity contribution in [2.24, 2.45) is 0 Å². The van der Waals surface area contributed by atoms with E-state index in [0.717, 1.165) is 17.0 Å². The van der Waals surface area contributed by atoms with Crippen molar-refractivity contribution in [1.29, 1.82) is 0 Å². The Bertz CT molecular complexity index is 905. The lowest BCUT2D eigenvalue weighted by Crippen LogP contribution is -2.38. The molecule has 1 aromatic carbocycles. The molecule has 0 radical (unpaired) electrons. The number of hydrogen-bond acceptors (Lipinski definition) is 5. The second-order valence-corrected chi connectivity index (χ2v) is 6.95. The lowest BCUT2D eigenvalue weighted by atomic mass is 10.2. The van der Waals surface area contributed by atoms with Gasteiger partial charge in [0, 0.05) is 22.7 Å². The van der Waals surface area contributed by atoms with E-state index >= 15 is 0 Å². The van der Waals surface area contributed by atoms with Gasteiger partial charge in [0.2, 0.25) is 0 Å². The summed E-state index contributed by atoms with van der Waals surface area (Å²) in [6, 6.07) is 8.20. The molecule has 9 heteroatoms. The normalized spacial score (nSPS) is 15.1. The van der Waals surface area contributed by atoms with Crippen LogP contribution in [-0.4, -0.2) is 29.1 Å². The van der Waals surface area contributed by atoms with E-state index in [-0.39, 0.29) is 23.0 Å². The average molecular weight is 396 g/mol. The highest BCUT2D eigenvalue weighted by Gasteiger charge is 2.41. The van der Waals surface area contributed by atoms with Crippen molar-refractivity contribution in [3.05, 3.63) is 52.4 Å². The first-order valence-electron chi connectivity index (χ1n) is 7.96. The number of halogens is 3. The molecule has 5 nitrogen and oxygen atoms in total. The summed E-state index contributed by atoms with van der Waals surface area (Å²) in [4.78, 5) is 27.2. The van der Waals surface area contributed by atoms with E-state index in [4.69, 9.17) is 0 Å². The van der Waals surface area contributed by atoms with E-state index in [1.54, 1.807) is 31.4 Å². The molecule has 0 atom stereocenters. The Balaban J connectivity index is 1.99. The Morgan fingerprint density at radius 1 is 1.11 bits per heavy atom. The van der Waals surface area contributed by atoms with Crippen LogP contribution < -0.4 is 10.1 Å². The highest BCUT2D eigenvalue weighted by atomic mass is 32.1. The minimum Gasteiger partial charge on any atom is -0.406 e. The second kappa shape index (κ2) is 7.07. The van der Waals surface area contributed by atoms with Gasteiger partial charge in [-0.05, 0) is 37.4 Å². The number of ether oxygens (including phenoxy) is 1. The van der Waals surface area contributed by atoms with Crippen LogP contribution in [0, 0.1) is 0 Å². The molecular weight excluding hydrogens is 381 g/mol. The van der Waals surface area contributed by atoms with Crippen molar-refractivity contribution in [1.82, 2.24) is 4.90 Å². The fourth-order valence-electron chi connectivity index (χ4n) is 2.70. The number of carbonyl (C=O) groups excluding carboxylic acids is 2. The third kappa shape index (κ3) is 3.97. The van der Waals surface area contributed by atoms with Crippen LogP contribution >= 0.6 is 11.3 Å². The number of carbonyl (C=O) groups is 2. The van der Waals surface area contributed by atoms with Crippen LogP contribution in [0.1, 0.15) is 18.7 Å². The van der Waals surface area contributed by atoms with Crippen LogP contribution in [0.4, 0.5) is 18.9 Å². The van der Waals surface area contributed by atoms with Crippen molar-refractivity contribution in [2.75, 3.05) is 5.32 Å². The molecule has 1 aliphatic heterocycles. The molecule has 0 spiro atoms. The SMILES string of the molecule is CC(C)N1C(=O)C(Nc2cccc(OC(F)(F)F)c2)=C(c2cccs2)C1=O. The first-order valence-corrected chi connectivity index (χ1v) is 8.84. The highest BCUT2D eigenvalue weighted by Crippen LogP contribution is 2.34. The van der Waals surface area contributed by atoms with E-state index in [0.29, 0.717) is 4.88 Å². The monoisotopic (exact) mass is 396 g/mol. The number of alkyl halides is 3. The molecule has 1 N–H and O–H groups in total. The first-order chi connectivity index (χ1) is 12.7. The van der Waals surface area contributed by atoms with Gasteiger partial charge in [0.15, 0.2) is 0 Å². The van der Waals surface area contributed by atoms with Crippen molar-refractivity contribution in [3.8, 4) is 5.75 Å². The van der Waals surface area contributed by atoms with Crippen LogP contribution in [0.25, 0.3) is 5.57 Å². The van der Waals surface area contributed by atoms with Crippen LogP contribution in [-0.2, 0) is 9.59 Å². The van der Waals surface area contributed by atoms with Gasteiger partial charge in [-0.1, -0.05) is 12.1 Å². The fourth-order valence-corrected chi connectivity index (χ4v) is 3.46. The zero-order valence-corrected chi connectivity index (χ0v) is 15.1. The minimum absolute atomic E-state index is 0.0281. The van der Waals surface area contributed by atoms with Crippen molar-refractivity contribution >= 4 is 34.4 Å². The van der Waals surface area contributed by atoms with Gasteiger partial charge in [-0.2, -0.15) is 0 Å². The largest absolute Gasteiger partial charge is 0.573 e. The van der Waals surface area contributed by atoms with Gasteiger partial charge in [-0.15, -0.1) is 24.5 Å². The summed E-state index contributed by atoms with van der Waals surface area (Å²) >= 11 is 1.29. The molecular formula is C18H15F3N2O3S. The smallest absolute Gasteiger partial charge is 0.406 e. The molecule has 0 aliphatic carbocycles. The molecule has 0 fully saturated rings. The highest BCUT2D eigenvalue weighted by molar-refractivity contribution is 7.11. The van der Waals surface area contributed by atoms with E-state index < -0.39 is 23.9 Å². The fraction of sp³-hybridized carbons (Fsp3) is 0.222. The predicted octanol–water partition coefficient (Wildman–Crippen LogP) is 4.25. The standard InChI is InChI=1S/C18H15F3N2O3S/c1-10(2)23-16(24)14(13-7-4-8-27-13)15(17(23)25)22-11-5-3-6-12(9-11)26-18(19,20)21/h3-10,22H,1-2H3. The van der Waals surface area contributed by atoms with Crippen molar-refractivity contribution in [3.63, 3.8) is 0 Å². The maximum absolute atomic E-state index is 12.8. The summed E-state index contributed by atoms with van der Waals surface area (Å²) < 4.78 is 41.2. The number of benzene rings is 1. The number of thiophene rings is 1. The summed E-state index contributed by atoms with van der Waals surface area (Å²) in [5.41, 5.74) is 0.429. The molecule has 142 valence electrons. The second-order valence-electron chi connectivity index (χ2n) is 6.00. The van der Waals surface area contributed by atoms with Crippen LogP contribution in [0.2, 0.25) is 0 Å². The maximum Gasteiger partial charge on any atom is 0.573 e. The number of hydrogen-bond donors (Lipinski definition) is 1. The van der Waals surface area contributed by atoms with Crippen LogP contribution in [0.15, 0.2) is 47.5 Å². The predicted molar refractivity (Wildman–Crippen MR) is 95.0 cm³/mol. The average Bonchev–Trinajstić information content (AvgIpc) is 3.13. The van der Waals surface area contributed by atoms with Gasteiger partial charge in [0.05, 0.1) is 5.57 Å². The third-order valence-electron chi connectivity index (χ3n) is 3.74. The van der Waals surface area contributed by atoms with Crippen molar-refractivity contribution in [2.45, 2.75) is 26.3 Å². The van der Waals surface area contributed by atoms with E-state index in [1.165, 1.54) is 23.5 Å². The topological polar surface area (TPSA) is 58.6 Å². The molecule has 0 unspecified atom stereocenters. The minimum atomic E-state index is -4.83. The Morgan fingerprint density at radius 3 is 2.44 bits per heavy atom. The third-order valence-corrected chi connectivity index (χ3v) is 4.62. The van der Waals surface area contributed by atoms with Gasteiger partial charge >= 0.3 is 6.36 Å². The van der Waals surface area contributed by atoms with Gasteiger partial charge in [-0.3, -0.25) is 14.5 Å². The lowest BCUT2D eigenvalue weighted by molar-refractivity contribution is -0.274. The number of amides is 2. The zero-order chi connectivity index (χ0) is 19.8. The Labute approximate surface area is 157 Å². The summed E-state index contributed by atoms with van der Waals surface area (Å²) in [6.07, 6.45) is -4.83. The molecule has 2 heterocycles. The Hall–Kier alpha value is -2.81. The van der Waals surface area contributed by atoms with E-state index in [1.807, 2.05) is 0 Å². The summed E-state index contributed by atoms with van der Waals surface area (Å²) in [7, 11) is 0. The van der Waals surface area contributed by atoms with Crippen molar-refractivity contribution < 1.29 is 27.5 Å². The molecule has 2 amide bonds. The zero-order valence-electron chi connectivity index (χ0n) is 14.3. The molecule has 0 bridgehead atoms. The molecule has 3 rings (SSSR count). The summed E-state index contributed by atoms with van der Waals surface area (Å²) in [5, 5.41) is 4.57. The van der Waals surface area contributed by atoms with Gasteiger partial charge < -0.3 is 10.1 Å². The van der Waals surface area contributed by atoms with E-state index in [9.17, 15) is 22.8 Å². The molecule has 27 heavy (non-hydrogen) atoms. The van der Waals surface area contributed by atoms with E-state index in [2.05, 4.69) is 10.1 Å². The van der Waals surface area contributed by atoms with Crippen LogP contribution in [0.3, 0.4) is 0 Å². The molecule has 0 saturated heterocycles. The number of nitrogens with one attached hydrogen (secondary N) is 1. The number of rotatable bonds is 5. The van der Waals surface area contributed by atoms with Gasteiger partial charge in [0.25, 0.3) is 11.8 Å². The number of anilines is 1. The summed E-state index contributed by atoms with van der Waals surface area (Å²) in [6.45, 7) is 3.42. The molecule has 1 aliphatic rings. The van der Waals surface area contributed by atoms with Crippen LogP contribution in [0.5, 0.6) is 5.75 Å². The number of imide groups is 1. The quantitative estimate of drug-likeness (QED) is 0.768. The molecule has 1 aromatic heterocycles.